The lowest BCUT2D eigenvalue weighted by atomic mass is 10.0. The highest BCUT2D eigenvalue weighted by molar-refractivity contribution is 6.04. The molecule has 3 amide bonds. The van der Waals surface area contributed by atoms with Crippen molar-refractivity contribution in [3.8, 4) is 0 Å². The number of urea groups is 1. The van der Waals surface area contributed by atoms with E-state index in [0.29, 0.717) is 32.2 Å². The molecule has 1 aliphatic rings. The van der Waals surface area contributed by atoms with Gasteiger partial charge in [-0.3, -0.25) is 19.7 Å². The van der Waals surface area contributed by atoms with Gasteiger partial charge in [0.1, 0.15) is 11.8 Å². The predicted molar refractivity (Wildman–Crippen MR) is 93.1 cm³/mol. The fourth-order valence-corrected chi connectivity index (χ4v) is 2.99. The molecule has 1 fully saturated rings. The summed E-state index contributed by atoms with van der Waals surface area (Å²) in [6, 6.07) is -0.944. The van der Waals surface area contributed by atoms with E-state index in [1.165, 1.54) is 4.90 Å². The van der Waals surface area contributed by atoms with Crippen molar-refractivity contribution in [1.29, 1.82) is 0 Å². The largest absolute Gasteiger partial charge is 0.481 e. The third-order valence-electron chi connectivity index (χ3n) is 4.47. The zero-order chi connectivity index (χ0) is 18.7. The Morgan fingerprint density at radius 2 is 1.68 bits per heavy atom. The Kier molecular flexibility index (Phi) is 9.80. The number of nitrogens with one attached hydrogen (secondary N) is 1. The summed E-state index contributed by atoms with van der Waals surface area (Å²) < 4.78 is 0. The zero-order valence-corrected chi connectivity index (χ0v) is 15.1. The Balaban J connectivity index is 2.32. The number of carboxylic acids is 1. The first-order valence-electron chi connectivity index (χ1n) is 9.30. The summed E-state index contributed by atoms with van der Waals surface area (Å²) in [5.41, 5.74) is 0. The number of unbranched alkanes of at least 4 members (excludes halogenated alkanes) is 5. The van der Waals surface area contributed by atoms with Crippen LogP contribution in [-0.4, -0.2) is 46.3 Å². The summed E-state index contributed by atoms with van der Waals surface area (Å²) >= 11 is 0. The minimum Gasteiger partial charge on any atom is -0.481 e. The highest BCUT2D eigenvalue weighted by atomic mass is 16.4. The predicted octanol–water partition coefficient (Wildman–Crippen LogP) is 2.87. The van der Waals surface area contributed by atoms with E-state index in [2.05, 4.69) is 12.2 Å². The first-order chi connectivity index (χ1) is 12.0. The van der Waals surface area contributed by atoms with Crippen molar-refractivity contribution in [2.24, 2.45) is 0 Å². The van der Waals surface area contributed by atoms with Crippen LogP contribution in [0, 0.1) is 0 Å². The first-order valence-corrected chi connectivity index (χ1v) is 9.30. The van der Waals surface area contributed by atoms with Gasteiger partial charge in [0.2, 0.25) is 0 Å². The second-order valence-corrected chi connectivity index (χ2v) is 6.60. The van der Waals surface area contributed by atoms with E-state index in [4.69, 9.17) is 5.11 Å². The molecule has 1 atom stereocenters. The van der Waals surface area contributed by atoms with Crippen LogP contribution in [0.15, 0.2) is 0 Å². The maximum Gasteiger partial charge on any atom is 0.324 e. The Bertz CT molecular complexity index is 478. The molecule has 1 saturated heterocycles. The molecular formula is C18H30N2O5. The van der Waals surface area contributed by atoms with Gasteiger partial charge < -0.3 is 10.0 Å². The third-order valence-corrected chi connectivity index (χ3v) is 4.47. The molecule has 0 spiro atoms. The molecule has 1 heterocycles. The number of amides is 3. The number of hydrogen-bond donors (Lipinski definition) is 2. The van der Waals surface area contributed by atoms with Gasteiger partial charge in [-0.25, -0.2) is 4.79 Å². The molecule has 0 aromatic rings. The van der Waals surface area contributed by atoms with Gasteiger partial charge in [-0.05, 0) is 25.7 Å². The summed E-state index contributed by atoms with van der Waals surface area (Å²) in [4.78, 5) is 47.7. The van der Waals surface area contributed by atoms with E-state index >= 15 is 0 Å². The molecule has 0 radical (unpaired) electrons. The molecule has 0 aromatic heterocycles. The van der Waals surface area contributed by atoms with Gasteiger partial charge in [0.15, 0.2) is 0 Å². The summed E-state index contributed by atoms with van der Waals surface area (Å²) in [6.07, 6.45) is 7.32. The van der Waals surface area contributed by atoms with Gasteiger partial charge in [0, 0.05) is 25.8 Å². The van der Waals surface area contributed by atoms with E-state index in [0.717, 1.165) is 38.5 Å². The van der Waals surface area contributed by atoms with Crippen molar-refractivity contribution in [1.82, 2.24) is 10.2 Å². The van der Waals surface area contributed by atoms with Gasteiger partial charge >= 0.3 is 12.0 Å². The first kappa shape index (κ1) is 21.1. The Morgan fingerprint density at radius 3 is 2.36 bits per heavy atom. The van der Waals surface area contributed by atoms with Crippen molar-refractivity contribution in [3.05, 3.63) is 0 Å². The smallest absolute Gasteiger partial charge is 0.324 e. The minimum atomic E-state index is -0.798. The molecule has 142 valence electrons. The minimum absolute atomic E-state index is 0.147. The SMILES string of the molecule is CCCCCC(=O)CCC1C(=O)NC(=O)N1CCCCCCC(=O)O. The van der Waals surface area contributed by atoms with E-state index in [9.17, 15) is 19.2 Å². The van der Waals surface area contributed by atoms with E-state index < -0.39 is 12.0 Å². The normalized spacial score (nSPS) is 17.0. The lowest BCUT2D eigenvalue weighted by Crippen LogP contribution is -2.36. The van der Waals surface area contributed by atoms with Gasteiger partial charge in [0.05, 0.1) is 0 Å². The van der Waals surface area contributed by atoms with Crippen LogP contribution >= 0.6 is 0 Å². The fraction of sp³-hybridized carbons (Fsp3) is 0.778. The van der Waals surface area contributed by atoms with Crippen LogP contribution in [-0.2, 0) is 14.4 Å². The highest BCUT2D eigenvalue weighted by Gasteiger charge is 2.37. The second kappa shape index (κ2) is 11.6. The fourth-order valence-electron chi connectivity index (χ4n) is 2.99. The number of carboxylic acid groups (broad SMARTS) is 1. The topological polar surface area (TPSA) is 104 Å². The number of rotatable bonds is 14. The van der Waals surface area contributed by atoms with Crippen molar-refractivity contribution >= 4 is 23.7 Å². The third kappa shape index (κ3) is 8.14. The molecule has 1 unspecified atom stereocenters. The van der Waals surface area contributed by atoms with Gasteiger partial charge in [0.25, 0.3) is 5.91 Å². The number of carbonyl (C=O) groups is 4. The number of Topliss-reactive ketones (excluding diaryl/α,β-unsaturated/α-hetero) is 1. The number of ketones is 1. The van der Waals surface area contributed by atoms with Crippen molar-refractivity contribution in [3.63, 3.8) is 0 Å². The molecule has 2 N–H and O–H groups in total. The van der Waals surface area contributed by atoms with Gasteiger partial charge in [-0.2, -0.15) is 0 Å². The highest BCUT2D eigenvalue weighted by Crippen LogP contribution is 2.17. The molecule has 0 aromatic carbocycles. The lowest BCUT2D eigenvalue weighted by molar-refractivity contribution is -0.137. The monoisotopic (exact) mass is 354 g/mol. The standard InChI is InChI=1S/C18H30N2O5/c1-2-3-6-9-14(21)11-12-15-17(24)19-18(25)20(15)13-8-5-4-7-10-16(22)23/h15H,2-13H2,1H3,(H,22,23)(H,19,24,25). The molecular weight excluding hydrogens is 324 g/mol. The van der Waals surface area contributed by atoms with Crippen LogP contribution in [0.3, 0.4) is 0 Å². The maximum absolute atomic E-state index is 11.9. The lowest BCUT2D eigenvalue weighted by Gasteiger charge is -2.21. The van der Waals surface area contributed by atoms with Crippen LogP contribution in [0.2, 0.25) is 0 Å². The molecule has 1 aliphatic heterocycles. The molecule has 0 bridgehead atoms. The number of nitrogens with zero attached hydrogens (tertiary/aromatic N) is 1. The van der Waals surface area contributed by atoms with Crippen LogP contribution in [0.1, 0.15) is 77.6 Å². The van der Waals surface area contributed by atoms with E-state index in [1.54, 1.807) is 0 Å². The van der Waals surface area contributed by atoms with Crippen LogP contribution < -0.4 is 5.32 Å². The summed E-state index contributed by atoms with van der Waals surface area (Å²) in [5.74, 6) is -0.973. The molecule has 0 aliphatic carbocycles. The summed E-state index contributed by atoms with van der Waals surface area (Å²) in [6.45, 7) is 2.54. The number of imide groups is 1. The average molecular weight is 354 g/mol. The van der Waals surface area contributed by atoms with Crippen molar-refractivity contribution in [2.45, 2.75) is 83.6 Å². The van der Waals surface area contributed by atoms with E-state index in [1.807, 2.05) is 0 Å². The molecule has 1 rings (SSSR count). The van der Waals surface area contributed by atoms with Crippen LogP contribution in [0.5, 0.6) is 0 Å². The molecule has 7 nitrogen and oxygen atoms in total. The van der Waals surface area contributed by atoms with Crippen molar-refractivity contribution in [2.75, 3.05) is 6.54 Å². The number of carbonyl (C=O) groups excluding carboxylic acids is 3. The summed E-state index contributed by atoms with van der Waals surface area (Å²) in [5, 5.41) is 10.9. The number of hydrogen-bond acceptors (Lipinski definition) is 4. The Labute approximate surface area is 149 Å². The van der Waals surface area contributed by atoms with Crippen LogP contribution in [0.4, 0.5) is 4.79 Å². The quantitative estimate of drug-likeness (QED) is 0.369. The second-order valence-electron chi connectivity index (χ2n) is 6.60. The van der Waals surface area contributed by atoms with Gasteiger partial charge in [-0.1, -0.05) is 32.6 Å². The van der Waals surface area contributed by atoms with Crippen LogP contribution in [0.25, 0.3) is 0 Å². The Hall–Kier alpha value is -1.92. The average Bonchev–Trinajstić information content (AvgIpc) is 2.82. The van der Waals surface area contributed by atoms with E-state index in [-0.39, 0.29) is 24.1 Å². The zero-order valence-electron chi connectivity index (χ0n) is 15.1. The molecule has 7 heteroatoms. The molecule has 25 heavy (non-hydrogen) atoms. The number of aliphatic carboxylic acids is 1. The molecule has 0 saturated carbocycles. The van der Waals surface area contributed by atoms with Gasteiger partial charge in [-0.15, -0.1) is 0 Å². The Morgan fingerprint density at radius 1 is 1.00 bits per heavy atom. The maximum atomic E-state index is 11.9. The summed E-state index contributed by atoms with van der Waals surface area (Å²) in [7, 11) is 0. The van der Waals surface area contributed by atoms with Crippen molar-refractivity contribution < 1.29 is 24.3 Å².